The molecule has 5 nitrogen and oxygen atoms in total. The molecule has 2 atom stereocenters. The summed E-state index contributed by atoms with van der Waals surface area (Å²) in [6.45, 7) is 2.05. The van der Waals surface area contributed by atoms with Gasteiger partial charge in [-0.1, -0.05) is 30.3 Å². The van der Waals surface area contributed by atoms with E-state index in [1.165, 1.54) is 0 Å². The lowest BCUT2D eigenvalue weighted by Crippen LogP contribution is -2.42. The molecule has 108 valence electrons. The number of carbonyl (C=O) groups excluding carboxylic acids is 1. The molecule has 1 aromatic carbocycles. The first kappa shape index (κ1) is 14.5. The zero-order chi connectivity index (χ0) is 14.6. The molecule has 0 N–H and O–H groups in total. The highest BCUT2D eigenvalue weighted by Crippen LogP contribution is 2.30. The molecule has 0 radical (unpaired) electrons. The zero-order valence-electron chi connectivity index (χ0n) is 11.6. The van der Waals surface area contributed by atoms with E-state index in [9.17, 15) is 14.9 Å². The lowest BCUT2D eigenvalue weighted by molar-refractivity contribution is -0.567. The Morgan fingerprint density at radius 3 is 2.70 bits per heavy atom. The van der Waals surface area contributed by atoms with Gasteiger partial charge in [0.15, 0.2) is 0 Å². The minimum absolute atomic E-state index is 0.230. The highest BCUT2D eigenvalue weighted by Gasteiger charge is 2.42. The topological polar surface area (TPSA) is 69.4 Å². The summed E-state index contributed by atoms with van der Waals surface area (Å²) in [6, 6.07) is 9.36. The molecule has 0 saturated carbocycles. The monoisotopic (exact) mass is 277 g/mol. The third-order valence-electron chi connectivity index (χ3n) is 3.83. The van der Waals surface area contributed by atoms with Gasteiger partial charge in [-0.15, -0.1) is 0 Å². The molecule has 1 heterocycles. The second-order valence-corrected chi connectivity index (χ2v) is 5.63. The summed E-state index contributed by atoms with van der Waals surface area (Å²) in [5.74, 6) is -0.653. The van der Waals surface area contributed by atoms with Gasteiger partial charge in [-0.05, 0) is 18.4 Å². The van der Waals surface area contributed by atoms with Crippen molar-refractivity contribution in [1.82, 2.24) is 0 Å². The maximum Gasteiger partial charge on any atom is 0.309 e. The Hall–Kier alpha value is -1.91. The molecule has 0 aromatic heterocycles. The smallest absolute Gasteiger partial charge is 0.309 e. The zero-order valence-corrected chi connectivity index (χ0v) is 11.6. The Bertz CT molecular complexity index is 488. The van der Waals surface area contributed by atoms with E-state index >= 15 is 0 Å². The maximum atomic E-state index is 11.7. The molecule has 20 heavy (non-hydrogen) atoms. The van der Waals surface area contributed by atoms with Crippen molar-refractivity contribution in [3.63, 3.8) is 0 Å². The molecule has 2 unspecified atom stereocenters. The predicted octanol–water partition coefficient (Wildman–Crippen LogP) is 2.61. The van der Waals surface area contributed by atoms with Gasteiger partial charge >= 0.3 is 5.97 Å². The van der Waals surface area contributed by atoms with Crippen LogP contribution in [0.25, 0.3) is 0 Å². The Morgan fingerprint density at radius 1 is 1.40 bits per heavy atom. The summed E-state index contributed by atoms with van der Waals surface area (Å²) >= 11 is 0. The third kappa shape index (κ3) is 3.35. The molecule has 0 bridgehead atoms. The van der Waals surface area contributed by atoms with Crippen LogP contribution in [0, 0.1) is 16.0 Å². The summed E-state index contributed by atoms with van der Waals surface area (Å²) in [5, 5.41) is 11.5. The van der Waals surface area contributed by atoms with E-state index < -0.39 is 5.54 Å². The number of nitro groups is 1. The van der Waals surface area contributed by atoms with Gasteiger partial charge in [0.25, 0.3) is 0 Å². The maximum absolute atomic E-state index is 11.7. The number of carbonyl (C=O) groups is 1. The van der Waals surface area contributed by atoms with Crippen LogP contribution < -0.4 is 0 Å². The van der Waals surface area contributed by atoms with Crippen LogP contribution in [0.15, 0.2) is 30.3 Å². The van der Waals surface area contributed by atoms with Crippen LogP contribution in [0.4, 0.5) is 0 Å². The van der Waals surface area contributed by atoms with Gasteiger partial charge < -0.3 is 4.74 Å². The molecular weight excluding hydrogens is 258 g/mol. The number of esters is 1. The van der Waals surface area contributed by atoms with Gasteiger partial charge in [0.2, 0.25) is 5.54 Å². The molecule has 1 fully saturated rings. The van der Waals surface area contributed by atoms with Gasteiger partial charge in [0, 0.05) is 24.7 Å². The lowest BCUT2D eigenvalue weighted by Gasteiger charge is -2.27. The second-order valence-electron chi connectivity index (χ2n) is 5.63. The second kappa shape index (κ2) is 6.03. The fraction of sp³-hybridized carbons (Fsp3) is 0.533. The minimum atomic E-state index is -1.14. The molecule has 2 rings (SSSR count). The highest BCUT2D eigenvalue weighted by atomic mass is 16.6. The van der Waals surface area contributed by atoms with Crippen molar-refractivity contribution in [2.24, 2.45) is 5.92 Å². The molecular formula is C15H19NO4. The summed E-state index contributed by atoms with van der Waals surface area (Å²) in [4.78, 5) is 22.9. The Labute approximate surface area is 118 Å². The standard InChI is InChI=1S/C15H19NO4/c1-15(16(18)19,10-12-6-3-2-4-7-12)11-13-8-5-9-20-14(13)17/h2-4,6-7,13H,5,8-11H2,1H3. The average Bonchev–Trinajstić information content (AvgIpc) is 2.42. The van der Waals surface area contributed by atoms with Gasteiger partial charge in [0.1, 0.15) is 0 Å². The van der Waals surface area contributed by atoms with E-state index in [0.29, 0.717) is 19.4 Å². The van der Waals surface area contributed by atoms with Crippen molar-refractivity contribution in [3.05, 3.63) is 46.0 Å². The Morgan fingerprint density at radius 2 is 2.10 bits per heavy atom. The van der Waals surface area contributed by atoms with Crippen molar-refractivity contribution in [2.45, 2.75) is 38.1 Å². The number of hydrogen-bond donors (Lipinski definition) is 0. The van der Waals surface area contributed by atoms with Crippen molar-refractivity contribution >= 4 is 5.97 Å². The number of benzene rings is 1. The first-order valence-corrected chi connectivity index (χ1v) is 6.86. The van der Waals surface area contributed by atoms with Crippen LogP contribution in [0.1, 0.15) is 31.7 Å². The first-order chi connectivity index (χ1) is 9.51. The summed E-state index contributed by atoms with van der Waals surface area (Å²) in [7, 11) is 0. The quantitative estimate of drug-likeness (QED) is 0.471. The van der Waals surface area contributed by atoms with E-state index in [-0.39, 0.29) is 23.2 Å². The highest BCUT2D eigenvalue weighted by molar-refractivity contribution is 5.73. The molecule has 0 amide bonds. The average molecular weight is 277 g/mol. The van der Waals surface area contributed by atoms with E-state index in [0.717, 1.165) is 12.0 Å². The Balaban J connectivity index is 2.12. The lowest BCUT2D eigenvalue weighted by atomic mass is 9.82. The molecule has 1 aliphatic rings. The van der Waals surface area contributed by atoms with E-state index in [1.807, 2.05) is 30.3 Å². The van der Waals surface area contributed by atoms with E-state index in [2.05, 4.69) is 0 Å². The van der Waals surface area contributed by atoms with Crippen LogP contribution in [0.5, 0.6) is 0 Å². The fourth-order valence-corrected chi connectivity index (χ4v) is 2.70. The normalized spacial score (nSPS) is 21.9. The van der Waals surface area contributed by atoms with Crippen LogP contribution in [0.2, 0.25) is 0 Å². The van der Waals surface area contributed by atoms with Crippen molar-refractivity contribution in [2.75, 3.05) is 6.61 Å². The number of rotatable bonds is 5. The Kier molecular flexibility index (Phi) is 4.37. The summed E-state index contributed by atoms with van der Waals surface area (Å²) < 4.78 is 5.00. The van der Waals surface area contributed by atoms with Crippen molar-refractivity contribution in [1.29, 1.82) is 0 Å². The number of cyclic esters (lactones) is 1. The predicted molar refractivity (Wildman–Crippen MR) is 73.8 cm³/mol. The summed E-state index contributed by atoms with van der Waals surface area (Å²) in [5.41, 5.74) is -0.224. The molecule has 1 aromatic rings. The van der Waals surface area contributed by atoms with E-state index in [1.54, 1.807) is 6.92 Å². The van der Waals surface area contributed by atoms with Crippen molar-refractivity contribution in [3.8, 4) is 0 Å². The molecule has 5 heteroatoms. The molecule has 0 spiro atoms. The van der Waals surface area contributed by atoms with Gasteiger partial charge in [-0.2, -0.15) is 0 Å². The third-order valence-corrected chi connectivity index (χ3v) is 3.83. The van der Waals surface area contributed by atoms with Crippen LogP contribution in [-0.2, 0) is 16.0 Å². The largest absolute Gasteiger partial charge is 0.465 e. The minimum Gasteiger partial charge on any atom is -0.465 e. The van der Waals surface area contributed by atoms with Gasteiger partial charge in [0.05, 0.1) is 12.5 Å². The molecule has 1 aliphatic heterocycles. The number of ether oxygens (including phenoxy) is 1. The van der Waals surface area contributed by atoms with Crippen LogP contribution >= 0.6 is 0 Å². The number of nitrogens with zero attached hydrogens (tertiary/aromatic N) is 1. The number of hydrogen-bond acceptors (Lipinski definition) is 4. The van der Waals surface area contributed by atoms with Crippen molar-refractivity contribution < 1.29 is 14.5 Å². The molecule has 1 saturated heterocycles. The first-order valence-electron chi connectivity index (χ1n) is 6.86. The molecule has 0 aliphatic carbocycles. The van der Waals surface area contributed by atoms with Gasteiger partial charge in [-0.3, -0.25) is 14.9 Å². The van der Waals surface area contributed by atoms with Gasteiger partial charge in [-0.25, -0.2) is 0 Å². The summed E-state index contributed by atoms with van der Waals surface area (Å²) in [6.07, 6.45) is 2.02. The van der Waals surface area contributed by atoms with Crippen LogP contribution in [-0.4, -0.2) is 23.0 Å². The van der Waals surface area contributed by atoms with Crippen LogP contribution in [0.3, 0.4) is 0 Å². The SMILES string of the molecule is CC(Cc1ccccc1)(CC1CCCOC1=O)[N+](=O)[O-]. The van der Waals surface area contributed by atoms with E-state index in [4.69, 9.17) is 4.74 Å². The fourth-order valence-electron chi connectivity index (χ4n) is 2.70.